The maximum absolute atomic E-state index is 13.2. The van der Waals surface area contributed by atoms with Gasteiger partial charge < -0.3 is 19.7 Å². The molecule has 0 saturated heterocycles. The van der Waals surface area contributed by atoms with E-state index < -0.39 is 18.0 Å². The topological polar surface area (TPSA) is 67.9 Å². The van der Waals surface area contributed by atoms with Crippen LogP contribution in [0.5, 0.6) is 5.75 Å². The molecule has 2 aromatic carbocycles. The van der Waals surface area contributed by atoms with Crippen LogP contribution in [0.25, 0.3) is 0 Å². The molecule has 2 heterocycles. The van der Waals surface area contributed by atoms with E-state index >= 15 is 0 Å². The van der Waals surface area contributed by atoms with Crippen molar-refractivity contribution >= 4 is 40.6 Å². The molecule has 1 aliphatic rings. The molecule has 33 heavy (non-hydrogen) atoms. The third kappa shape index (κ3) is 4.97. The number of benzene rings is 2. The maximum Gasteiger partial charge on any atom is 0.353 e. The van der Waals surface area contributed by atoms with Gasteiger partial charge in [0.15, 0.2) is 5.11 Å². The average molecular weight is 479 g/mol. The molecule has 8 heteroatoms. The first kappa shape index (κ1) is 22.7. The Labute approximate surface area is 201 Å². The van der Waals surface area contributed by atoms with Gasteiger partial charge >= 0.3 is 11.9 Å². The van der Waals surface area contributed by atoms with Crippen LogP contribution in [0.1, 0.15) is 33.8 Å². The van der Waals surface area contributed by atoms with Gasteiger partial charge in [-0.25, -0.2) is 9.59 Å². The van der Waals surface area contributed by atoms with E-state index in [1.54, 1.807) is 42.3 Å². The lowest BCUT2D eigenvalue weighted by molar-refractivity contribution is -0.140. The monoisotopic (exact) mass is 478 g/mol. The van der Waals surface area contributed by atoms with Crippen molar-refractivity contribution in [2.75, 3.05) is 7.05 Å². The minimum Gasteiger partial charge on any atom is -0.457 e. The van der Waals surface area contributed by atoms with E-state index in [0.29, 0.717) is 32.6 Å². The van der Waals surface area contributed by atoms with Gasteiger partial charge in [0.2, 0.25) is 0 Å². The normalized spacial score (nSPS) is 15.8. The van der Waals surface area contributed by atoms with Gasteiger partial charge in [-0.2, -0.15) is 0 Å². The number of carbonyl (C=O) groups is 2. The number of nitrogens with zero attached hydrogens (tertiary/aromatic N) is 1. The molecular weight excluding hydrogens is 456 g/mol. The van der Waals surface area contributed by atoms with Crippen LogP contribution in [0.2, 0.25) is 0 Å². The smallest absolute Gasteiger partial charge is 0.353 e. The number of ether oxygens (including phenoxy) is 2. The summed E-state index contributed by atoms with van der Waals surface area (Å²) in [4.78, 5) is 28.1. The minimum absolute atomic E-state index is 0.145. The third-order valence-corrected chi connectivity index (χ3v) is 6.58. The second-order valence-corrected chi connectivity index (χ2v) is 8.74. The van der Waals surface area contributed by atoms with Crippen LogP contribution in [-0.4, -0.2) is 29.0 Å². The highest BCUT2D eigenvalue weighted by Crippen LogP contribution is 2.36. The maximum atomic E-state index is 13.2. The summed E-state index contributed by atoms with van der Waals surface area (Å²) >= 11 is 6.78. The van der Waals surface area contributed by atoms with E-state index in [9.17, 15) is 9.59 Å². The molecule has 6 nitrogen and oxygen atoms in total. The molecule has 168 valence electrons. The Bertz CT molecular complexity index is 1210. The predicted octanol–water partition coefficient (Wildman–Crippen LogP) is 4.85. The summed E-state index contributed by atoms with van der Waals surface area (Å²) in [6.45, 7) is 1.96. The van der Waals surface area contributed by atoms with Crippen LogP contribution in [0.3, 0.4) is 0 Å². The zero-order chi connectivity index (χ0) is 23.4. The van der Waals surface area contributed by atoms with E-state index in [-0.39, 0.29) is 6.61 Å². The van der Waals surface area contributed by atoms with Crippen molar-refractivity contribution in [3.63, 3.8) is 0 Å². The Morgan fingerprint density at radius 1 is 1.03 bits per heavy atom. The summed E-state index contributed by atoms with van der Waals surface area (Å²) in [5.41, 5.74) is 2.57. The molecule has 0 amide bonds. The van der Waals surface area contributed by atoms with Gasteiger partial charge in [0.05, 0.1) is 11.6 Å². The summed E-state index contributed by atoms with van der Waals surface area (Å²) in [5.74, 6) is -0.577. The average Bonchev–Trinajstić information content (AvgIpc) is 3.37. The van der Waals surface area contributed by atoms with Gasteiger partial charge in [0.25, 0.3) is 0 Å². The molecule has 0 aliphatic carbocycles. The molecule has 0 radical (unpaired) electrons. The molecule has 3 aromatic rings. The summed E-state index contributed by atoms with van der Waals surface area (Å²) in [6, 6.07) is 19.4. The van der Waals surface area contributed by atoms with Crippen LogP contribution in [0, 0.1) is 0 Å². The first-order chi connectivity index (χ1) is 16.0. The number of thiophene rings is 1. The number of para-hydroxylation sites is 1. The number of esters is 2. The predicted molar refractivity (Wildman–Crippen MR) is 131 cm³/mol. The van der Waals surface area contributed by atoms with Crippen LogP contribution >= 0.6 is 23.6 Å². The number of allylic oxidation sites excluding steroid dienone is 1. The first-order valence-corrected chi connectivity index (χ1v) is 11.5. The largest absolute Gasteiger partial charge is 0.457 e. The lowest BCUT2D eigenvalue weighted by Crippen LogP contribution is -2.46. The van der Waals surface area contributed by atoms with E-state index in [2.05, 4.69) is 5.32 Å². The van der Waals surface area contributed by atoms with Crippen LogP contribution < -0.4 is 10.1 Å². The first-order valence-electron chi connectivity index (χ1n) is 10.3. The Morgan fingerprint density at radius 3 is 2.48 bits per heavy atom. The van der Waals surface area contributed by atoms with Gasteiger partial charge in [-0.3, -0.25) is 0 Å². The fourth-order valence-corrected chi connectivity index (χ4v) is 4.34. The molecular formula is C25H22N2O4S2. The molecule has 1 aliphatic heterocycles. The SMILES string of the molecule is CC1=C(C(=O)OCc2ccccc2)[C@@H](c2ccccc2OC(=O)c2cccs2)NC(=S)N1C. The van der Waals surface area contributed by atoms with Gasteiger partial charge in [0.1, 0.15) is 17.2 Å². The van der Waals surface area contributed by atoms with E-state index in [0.717, 1.165) is 5.56 Å². The highest BCUT2D eigenvalue weighted by molar-refractivity contribution is 7.80. The number of hydrogen-bond donors (Lipinski definition) is 1. The van der Waals surface area contributed by atoms with Crippen molar-refractivity contribution in [3.05, 3.63) is 99.4 Å². The minimum atomic E-state index is -0.635. The van der Waals surface area contributed by atoms with Crippen molar-refractivity contribution in [2.24, 2.45) is 0 Å². The lowest BCUT2D eigenvalue weighted by atomic mass is 9.94. The zero-order valence-electron chi connectivity index (χ0n) is 18.1. The number of nitrogens with one attached hydrogen (secondary N) is 1. The molecule has 0 saturated carbocycles. The van der Waals surface area contributed by atoms with E-state index in [1.165, 1.54) is 11.3 Å². The Hall–Kier alpha value is -3.49. The van der Waals surface area contributed by atoms with Crippen LogP contribution in [0.15, 0.2) is 83.4 Å². The summed E-state index contributed by atoms with van der Waals surface area (Å²) in [6.07, 6.45) is 0. The number of carbonyl (C=O) groups excluding carboxylic acids is 2. The van der Waals surface area contributed by atoms with E-state index in [1.807, 2.05) is 48.7 Å². The molecule has 1 aromatic heterocycles. The summed E-state index contributed by atoms with van der Waals surface area (Å²) < 4.78 is 11.3. The van der Waals surface area contributed by atoms with Gasteiger partial charge in [-0.1, -0.05) is 54.6 Å². The zero-order valence-corrected chi connectivity index (χ0v) is 19.7. The van der Waals surface area contributed by atoms with Crippen LogP contribution in [-0.2, 0) is 16.1 Å². The highest BCUT2D eigenvalue weighted by Gasteiger charge is 2.35. The number of hydrogen-bond acceptors (Lipinski definition) is 6. The van der Waals surface area contributed by atoms with Crippen molar-refractivity contribution in [1.29, 1.82) is 0 Å². The fraction of sp³-hybridized carbons (Fsp3) is 0.160. The van der Waals surface area contributed by atoms with Gasteiger partial charge in [0, 0.05) is 18.3 Å². The third-order valence-electron chi connectivity index (χ3n) is 5.34. The van der Waals surface area contributed by atoms with E-state index in [4.69, 9.17) is 21.7 Å². The van der Waals surface area contributed by atoms with Crippen molar-refractivity contribution < 1.29 is 19.1 Å². The second kappa shape index (κ2) is 9.97. The van der Waals surface area contributed by atoms with Crippen molar-refractivity contribution in [3.8, 4) is 5.75 Å². The summed E-state index contributed by atoms with van der Waals surface area (Å²) in [7, 11) is 1.79. The molecule has 1 atom stereocenters. The Balaban J connectivity index is 1.66. The molecule has 0 spiro atoms. The quantitative estimate of drug-likeness (QED) is 0.309. The standard InChI is InChI=1S/C25H22N2O4S2/c1-16-21(24(29)30-15-17-9-4-3-5-10-17)22(26-25(32)27(16)2)18-11-6-7-12-19(18)31-23(28)20-13-8-14-33-20/h3-14,22H,15H2,1-2H3,(H,26,32)/t22-/m1/s1. The highest BCUT2D eigenvalue weighted by atomic mass is 32.1. The number of thiocarbonyl (C=S) groups is 1. The van der Waals surface area contributed by atoms with Crippen LogP contribution in [0.4, 0.5) is 0 Å². The van der Waals surface area contributed by atoms with Gasteiger partial charge in [-0.15, -0.1) is 11.3 Å². The Kier molecular flexibility index (Phi) is 6.86. The van der Waals surface area contributed by atoms with Gasteiger partial charge in [-0.05, 0) is 42.2 Å². The molecule has 1 N–H and O–H groups in total. The molecule has 4 rings (SSSR count). The Morgan fingerprint density at radius 2 is 1.76 bits per heavy atom. The molecule has 0 unspecified atom stereocenters. The lowest BCUT2D eigenvalue weighted by Gasteiger charge is -2.35. The van der Waals surface area contributed by atoms with Crippen molar-refractivity contribution in [2.45, 2.75) is 19.6 Å². The molecule has 0 fully saturated rings. The number of rotatable bonds is 6. The fourth-order valence-electron chi connectivity index (χ4n) is 3.49. The van der Waals surface area contributed by atoms with Crippen molar-refractivity contribution in [1.82, 2.24) is 10.2 Å². The molecule has 0 bridgehead atoms. The summed E-state index contributed by atoms with van der Waals surface area (Å²) in [5, 5.41) is 5.47. The second-order valence-electron chi connectivity index (χ2n) is 7.41.